The maximum Gasteiger partial charge on any atom is 0.251 e. The van der Waals surface area contributed by atoms with E-state index >= 15 is 0 Å². The SMILES string of the molecule is CC1(CNS(=O)(=O)c2sccc2Br)CC1. The van der Waals surface area contributed by atoms with E-state index in [0.29, 0.717) is 15.2 Å². The van der Waals surface area contributed by atoms with Crippen LogP contribution in [0.2, 0.25) is 0 Å². The Morgan fingerprint density at radius 1 is 1.60 bits per heavy atom. The van der Waals surface area contributed by atoms with E-state index in [9.17, 15) is 8.42 Å². The molecule has 2 rings (SSSR count). The summed E-state index contributed by atoms with van der Waals surface area (Å²) in [5.74, 6) is 0. The second-order valence-corrected chi connectivity index (χ2v) is 7.92. The van der Waals surface area contributed by atoms with Crippen molar-refractivity contribution in [2.45, 2.75) is 24.0 Å². The molecule has 84 valence electrons. The number of nitrogens with one attached hydrogen (secondary N) is 1. The fourth-order valence-electron chi connectivity index (χ4n) is 1.20. The molecule has 1 N–H and O–H groups in total. The fraction of sp³-hybridized carbons (Fsp3) is 0.556. The molecule has 1 saturated carbocycles. The van der Waals surface area contributed by atoms with Crippen LogP contribution in [0.15, 0.2) is 20.1 Å². The number of rotatable bonds is 4. The van der Waals surface area contributed by atoms with E-state index in [0.717, 1.165) is 12.8 Å². The van der Waals surface area contributed by atoms with Gasteiger partial charge in [-0.25, -0.2) is 13.1 Å². The lowest BCUT2D eigenvalue weighted by atomic mass is 10.2. The Morgan fingerprint density at radius 3 is 2.73 bits per heavy atom. The molecular formula is C9H12BrNO2S2. The van der Waals surface area contributed by atoms with Gasteiger partial charge in [-0.05, 0) is 45.6 Å². The van der Waals surface area contributed by atoms with E-state index in [1.807, 2.05) is 0 Å². The van der Waals surface area contributed by atoms with Crippen molar-refractivity contribution in [3.8, 4) is 0 Å². The molecule has 0 aliphatic heterocycles. The van der Waals surface area contributed by atoms with Crippen LogP contribution < -0.4 is 4.72 Å². The highest BCUT2D eigenvalue weighted by atomic mass is 79.9. The first-order valence-corrected chi connectivity index (χ1v) is 7.81. The second-order valence-electron chi connectivity index (χ2n) is 4.19. The Balaban J connectivity index is 2.10. The highest BCUT2D eigenvalue weighted by molar-refractivity contribution is 9.10. The highest BCUT2D eigenvalue weighted by Crippen LogP contribution is 2.44. The normalized spacial score (nSPS) is 19.1. The molecule has 1 fully saturated rings. The average molecular weight is 310 g/mol. The van der Waals surface area contributed by atoms with E-state index in [1.165, 1.54) is 11.3 Å². The Labute approximate surface area is 102 Å². The molecule has 0 aromatic carbocycles. The van der Waals surface area contributed by atoms with Crippen molar-refractivity contribution in [1.82, 2.24) is 4.72 Å². The molecule has 3 nitrogen and oxygen atoms in total. The number of halogens is 1. The molecule has 0 amide bonds. The summed E-state index contributed by atoms with van der Waals surface area (Å²) in [6.07, 6.45) is 2.22. The van der Waals surface area contributed by atoms with Crippen LogP contribution in [0.3, 0.4) is 0 Å². The maximum atomic E-state index is 11.9. The van der Waals surface area contributed by atoms with Crippen molar-refractivity contribution in [3.63, 3.8) is 0 Å². The molecule has 1 aromatic heterocycles. The zero-order chi connectivity index (χ0) is 11.1. The molecular weight excluding hydrogens is 298 g/mol. The summed E-state index contributed by atoms with van der Waals surface area (Å²) in [4.78, 5) is 0. The number of hydrogen-bond acceptors (Lipinski definition) is 3. The van der Waals surface area contributed by atoms with Crippen molar-refractivity contribution in [1.29, 1.82) is 0 Å². The first-order chi connectivity index (χ1) is 6.93. The van der Waals surface area contributed by atoms with E-state index in [2.05, 4.69) is 27.6 Å². The van der Waals surface area contributed by atoms with Crippen molar-refractivity contribution in [2.24, 2.45) is 5.41 Å². The summed E-state index contributed by atoms with van der Waals surface area (Å²) in [6, 6.07) is 1.75. The lowest BCUT2D eigenvalue weighted by Gasteiger charge is -2.09. The lowest BCUT2D eigenvalue weighted by molar-refractivity contribution is 0.531. The molecule has 0 atom stereocenters. The standard InChI is InChI=1S/C9H12BrNO2S2/c1-9(3-4-9)6-11-15(12,13)8-7(10)2-5-14-8/h2,5,11H,3-4,6H2,1H3. The smallest absolute Gasteiger partial charge is 0.210 e. The monoisotopic (exact) mass is 309 g/mol. The molecule has 0 saturated heterocycles. The molecule has 1 aliphatic carbocycles. The zero-order valence-electron chi connectivity index (χ0n) is 8.29. The summed E-state index contributed by atoms with van der Waals surface area (Å²) >= 11 is 4.46. The summed E-state index contributed by atoms with van der Waals surface area (Å²) in [7, 11) is -3.32. The summed E-state index contributed by atoms with van der Waals surface area (Å²) < 4.78 is 27.4. The summed E-state index contributed by atoms with van der Waals surface area (Å²) in [5.41, 5.74) is 0.191. The average Bonchev–Trinajstić information content (AvgIpc) is 2.72. The molecule has 15 heavy (non-hydrogen) atoms. The molecule has 1 heterocycles. The van der Waals surface area contributed by atoms with Gasteiger partial charge in [-0.2, -0.15) is 0 Å². The molecule has 1 aliphatic rings. The van der Waals surface area contributed by atoms with Crippen LogP contribution in [0.1, 0.15) is 19.8 Å². The van der Waals surface area contributed by atoms with Crippen LogP contribution >= 0.6 is 27.3 Å². The Morgan fingerprint density at radius 2 is 2.27 bits per heavy atom. The second kappa shape index (κ2) is 3.84. The van der Waals surface area contributed by atoms with Crippen molar-refractivity contribution in [3.05, 3.63) is 15.9 Å². The van der Waals surface area contributed by atoms with Crippen LogP contribution in [0.25, 0.3) is 0 Å². The molecule has 0 unspecified atom stereocenters. The minimum absolute atomic E-state index is 0.191. The van der Waals surface area contributed by atoms with Gasteiger partial charge in [0, 0.05) is 11.0 Å². The fourth-order valence-corrected chi connectivity index (χ4v) is 4.78. The van der Waals surface area contributed by atoms with E-state index < -0.39 is 10.0 Å². The van der Waals surface area contributed by atoms with Gasteiger partial charge in [-0.3, -0.25) is 0 Å². The first-order valence-electron chi connectivity index (χ1n) is 4.66. The predicted molar refractivity (Wildman–Crippen MR) is 64.5 cm³/mol. The van der Waals surface area contributed by atoms with E-state index in [-0.39, 0.29) is 5.41 Å². The lowest BCUT2D eigenvalue weighted by Crippen LogP contribution is -2.28. The van der Waals surface area contributed by atoms with Gasteiger partial charge in [0.1, 0.15) is 4.21 Å². The van der Waals surface area contributed by atoms with Gasteiger partial charge in [-0.15, -0.1) is 11.3 Å². The Kier molecular flexibility index (Phi) is 2.96. The maximum absolute atomic E-state index is 11.9. The van der Waals surface area contributed by atoms with Gasteiger partial charge < -0.3 is 0 Å². The minimum atomic E-state index is -3.32. The number of hydrogen-bond donors (Lipinski definition) is 1. The molecule has 1 aromatic rings. The third-order valence-electron chi connectivity index (χ3n) is 2.62. The van der Waals surface area contributed by atoms with Gasteiger partial charge in [0.2, 0.25) is 0 Å². The molecule has 0 spiro atoms. The largest absolute Gasteiger partial charge is 0.251 e. The minimum Gasteiger partial charge on any atom is -0.210 e. The third kappa shape index (κ3) is 2.61. The quantitative estimate of drug-likeness (QED) is 0.929. The van der Waals surface area contributed by atoms with Crippen molar-refractivity contribution in [2.75, 3.05) is 6.54 Å². The molecule has 6 heteroatoms. The number of sulfonamides is 1. The van der Waals surface area contributed by atoms with Crippen LogP contribution in [-0.2, 0) is 10.0 Å². The summed E-state index contributed by atoms with van der Waals surface area (Å²) in [6.45, 7) is 2.64. The van der Waals surface area contributed by atoms with Gasteiger partial charge in [0.05, 0.1) is 0 Å². The van der Waals surface area contributed by atoms with E-state index in [1.54, 1.807) is 11.4 Å². The Bertz CT molecular complexity index is 462. The Hall–Kier alpha value is 0.0900. The van der Waals surface area contributed by atoms with Gasteiger partial charge in [0.15, 0.2) is 0 Å². The number of thiophene rings is 1. The van der Waals surface area contributed by atoms with E-state index in [4.69, 9.17) is 0 Å². The predicted octanol–water partition coefficient (Wildman–Crippen LogP) is 2.59. The molecule has 0 radical (unpaired) electrons. The van der Waals surface area contributed by atoms with Crippen molar-refractivity contribution >= 4 is 37.3 Å². The van der Waals surface area contributed by atoms with Crippen molar-refractivity contribution < 1.29 is 8.42 Å². The van der Waals surface area contributed by atoms with Crippen LogP contribution in [0, 0.1) is 5.41 Å². The van der Waals surface area contributed by atoms with Gasteiger partial charge >= 0.3 is 0 Å². The summed E-state index contributed by atoms with van der Waals surface area (Å²) in [5, 5.41) is 1.76. The topological polar surface area (TPSA) is 46.2 Å². The van der Waals surface area contributed by atoms with Crippen LogP contribution in [0.4, 0.5) is 0 Å². The van der Waals surface area contributed by atoms with Gasteiger partial charge in [-0.1, -0.05) is 6.92 Å². The molecule has 0 bridgehead atoms. The first kappa shape index (κ1) is 11.6. The zero-order valence-corrected chi connectivity index (χ0v) is 11.5. The van der Waals surface area contributed by atoms with Crippen LogP contribution in [0.5, 0.6) is 0 Å². The third-order valence-corrected chi connectivity index (χ3v) is 6.69. The van der Waals surface area contributed by atoms with Gasteiger partial charge in [0.25, 0.3) is 10.0 Å². The highest BCUT2D eigenvalue weighted by Gasteiger charge is 2.38. The van der Waals surface area contributed by atoms with Crippen LogP contribution in [-0.4, -0.2) is 15.0 Å².